The topological polar surface area (TPSA) is 55.1 Å². The molecule has 0 aliphatic heterocycles. The van der Waals surface area contributed by atoms with Crippen LogP contribution in [0.4, 0.5) is 5.69 Å². The zero-order chi connectivity index (χ0) is 11.5. The summed E-state index contributed by atoms with van der Waals surface area (Å²) in [6, 6.07) is 7.33. The summed E-state index contributed by atoms with van der Waals surface area (Å²) in [5.74, 6) is 0.371. The standard InChI is InChI=1S/C11H9BrN2O2/c1-7-13-6-10(16-7)11(15)14-9-4-2-3-8(12)5-9/h2-6H,1H3,(H,14,15). The predicted octanol–water partition coefficient (Wildman–Crippen LogP) is 3.00. The SMILES string of the molecule is Cc1ncc(C(=O)Nc2cccc(Br)c2)o1. The third-order valence-electron chi connectivity index (χ3n) is 1.93. The van der Waals surface area contributed by atoms with Gasteiger partial charge in [-0.3, -0.25) is 4.79 Å². The van der Waals surface area contributed by atoms with Crippen LogP contribution < -0.4 is 5.32 Å². The summed E-state index contributed by atoms with van der Waals surface area (Å²) in [6.07, 6.45) is 1.41. The summed E-state index contributed by atoms with van der Waals surface area (Å²) in [5, 5.41) is 2.71. The molecule has 0 bridgehead atoms. The number of nitrogens with zero attached hydrogens (tertiary/aromatic N) is 1. The Labute approximate surface area is 101 Å². The molecule has 1 aromatic heterocycles. The highest BCUT2D eigenvalue weighted by Gasteiger charge is 2.10. The fourth-order valence-corrected chi connectivity index (χ4v) is 1.62. The minimum Gasteiger partial charge on any atom is -0.436 e. The Hall–Kier alpha value is -1.62. The number of amides is 1. The number of rotatable bonds is 2. The molecule has 0 aliphatic carbocycles. The maximum absolute atomic E-state index is 11.7. The third kappa shape index (κ3) is 2.49. The minimum absolute atomic E-state index is 0.206. The summed E-state index contributed by atoms with van der Waals surface area (Å²) in [7, 11) is 0. The van der Waals surface area contributed by atoms with Crippen molar-refractivity contribution in [2.45, 2.75) is 6.92 Å². The number of oxazole rings is 1. The number of carbonyl (C=O) groups is 1. The monoisotopic (exact) mass is 280 g/mol. The van der Waals surface area contributed by atoms with Gasteiger partial charge >= 0.3 is 0 Å². The molecule has 1 aromatic carbocycles. The molecule has 0 saturated carbocycles. The molecule has 1 amide bonds. The smallest absolute Gasteiger partial charge is 0.293 e. The average molecular weight is 281 g/mol. The van der Waals surface area contributed by atoms with Gasteiger partial charge in [0.25, 0.3) is 5.91 Å². The fourth-order valence-electron chi connectivity index (χ4n) is 1.23. The van der Waals surface area contributed by atoms with Gasteiger partial charge in [0, 0.05) is 17.1 Å². The second-order valence-corrected chi connectivity index (χ2v) is 4.12. The maximum atomic E-state index is 11.7. The van der Waals surface area contributed by atoms with Gasteiger partial charge in [-0.05, 0) is 18.2 Å². The van der Waals surface area contributed by atoms with Gasteiger partial charge in [-0.15, -0.1) is 0 Å². The van der Waals surface area contributed by atoms with Gasteiger partial charge in [-0.25, -0.2) is 4.98 Å². The van der Waals surface area contributed by atoms with E-state index in [1.54, 1.807) is 19.1 Å². The van der Waals surface area contributed by atoms with E-state index >= 15 is 0 Å². The van der Waals surface area contributed by atoms with E-state index in [0.717, 1.165) is 4.47 Å². The van der Waals surface area contributed by atoms with Gasteiger partial charge < -0.3 is 9.73 Å². The van der Waals surface area contributed by atoms with Crippen molar-refractivity contribution in [1.82, 2.24) is 4.98 Å². The van der Waals surface area contributed by atoms with Crippen molar-refractivity contribution in [2.75, 3.05) is 5.32 Å². The van der Waals surface area contributed by atoms with Crippen molar-refractivity contribution in [1.29, 1.82) is 0 Å². The molecule has 0 unspecified atom stereocenters. The number of aryl methyl sites for hydroxylation is 1. The average Bonchev–Trinajstić information content (AvgIpc) is 2.65. The van der Waals surface area contributed by atoms with Gasteiger partial charge in [0.15, 0.2) is 5.89 Å². The van der Waals surface area contributed by atoms with Crippen molar-refractivity contribution in [3.8, 4) is 0 Å². The van der Waals surface area contributed by atoms with E-state index in [4.69, 9.17) is 4.42 Å². The molecule has 82 valence electrons. The van der Waals surface area contributed by atoms with Crippen LogP contribution in [-0.2, 0) is 0 Å². The quantitative estimate of drug-likeness (QED) is 0.920. The molecule has 1 N–H and O–H groups in total. The lowest BCUT2D eigenvalue weighted by atomic mass is 10.3. The molecule has 1 heterocycles. The first-order chi connectivity index (χ1) is 7.65. The molecule has 2 rings (SSSR count). The molecule has 0 saturated heterocycles. The number of halogens is 1. The van der Waals surface area contributed by atoms with Crippen LogP contribution in [0.1, 0.15) is 16.4 Å². The molecule has 16 heavy (non-hydrogen) atoms. The Bertz CT molecular complexity index is 522. The molecule has 0 spiro atoms. The largest absolute Gasteiger partial charge is 0.436 e. The minimum atomic E-state index is -0.307. The molecule has 5 heteroatoms. The molecule has 0 atom stereocenters. The van der Waals surface area contributed by atoms with E-state index in [-0.39, 0.29) is 11.7 Å². The van der Waals surface area contributed by atoms with Crippen molar-refractivity contribution < 1.29 is 9.21 Å². The summed E-state index contributed by atoms with van der Waals surface area (Å²) in [4.78, 5) is 15.5. The van der Waals surface area contributed by atoms with Gasteiger partial charge in [-0.2, -0.15) is 0 Å². The number of nitrogens with one attached hydrogen (secondary N) is 1. The van der Waals surface area contributed by atoms with E-state index in [1.807, 2.05) is 12.1 Å². The molecule has 0 fully saturated rings. The van der Waals surface area contributed by atoms with E-state index in [9.17, 15) is 4.79 Å². The third-order valence-corrected chi connectivity index (χ3v) is 2.42. The van der Waals surface area contributed by atoms with Crippen LogP contribution in [-0.4, -0.2) is 10.9 Å². The van der Waals surface area contributed by atoms with Gasteiger partial charge in [0.2, 0.25) is 5.76 Å². The maximum Gasteiger partial charge on any atom is 0.293 e. The van der Waals surface area contributed by atoms with Gasteiger partial charge in [0.1, 0.15) is 0 Å². The lowest BCUT2D eigenvalue weighted by molar-refractivity contribution is 0.0995. The van der Waals surface area contributed by atoms with Gasteiger partial charge in [-0.1, -0.05) is 22.0 Å². The van der Waals surface area contributed by atoms with Crippen LogP contribution in [0.3, 0.4) is 0 Å². The van der Waals surface area contributed by atoms with Crippen LogP contribution in [0.2, 0.25) is 0 Å². The van der Waals surface area contributed by atoms with Crippen LogP contribution in [0.25, 0.3) is 0 Å². The first-order valence-electron chi connectivity index (χ1n) is 4.64. The molecule has 0 radical (unpaired) electrons. The predicted molar refractivity (Wildman–Crippen MR) is 63.3 cm³/mol. The van der Waals surface area contributed by atoms with Crippen molar-refractivity contribution in [3.63, 3.8) is 0 Å². The Kier molecular flexibility index (Phi) is 3.05. The fraction of sp³-hybridized carbons (Fsp3) is 0.0909. The molecule has 2 aromatic rings. The zero-order valence-electron chi connectivity index (χ0n) is 8.53. The number of hydrogen-bond donors (Lipinski definition) is 1. The van der Waals surface area contributed by atoms with Crippen molar-refractivity contribution in [3.05, 3.63) is 46.6 Å². The first-order valence-corrected chi connectivity index (χ1v) is 5.44. The van der Waals surface area contributed by atoms with Gasteiger partial charge in [0.05, 0.1) is 6.20 Å². The number of carbonyl (C=O) groups excluding carboxylic acids is 1. The Morgan fingerprint density at radius 3 is 2.94 bits per heavy atom. The van der Waals surface area contributed by atoms with Crippen LogP contribution in [0.15, 0.2) is 39.4 Å². The number of anilines is 1. The summed E-state index contributed by atoms with van der Waals surface area (Å²) >= 11 is 3.33. The van der Waals surface area contributed by atoms with Crippen molar-refractivity contribution in [2.24, 2.45) is 0 Å². The number of benzene rings is 1. The lowest BCUT2D eigenvalue weighted by Gasteiger charge is -2.02. The molecular formula is C11H9BrN2O2. The Balaban J connectivity index is 2.13. The lowest BCUT2D eigenvalue weighted by Crippen LogP contribution is -2.10. The molecular weight excluding hydrogens is 272 g/mol. The van der Waals surface area contributed by atoms with E-state index < -0.39 is 0 Å². The first kappa shape index (κ1) is 10.9. The number of hydrogen-bond acceptors (Lipinski definition) is 3. The summed E-state index contributed by atoms with van der Waals surface area (Å²) in [6.45, 7) is 1.69. The highest BCUT2D eigenvalue weighted by Crippen LogP contribution is 2.16. The van der Waals surface area contributed by atoms with Crippen molar-refractivity contribution >= 4 is 27.5 Å². The van der Waals surface area contributed by atoms with E-state index in [0.29, 0.717) is 11.6 Å². The second kappa shape index (κ2) is 4.49. The summed E-state index contributed by atoms with van der Waals surface area (Å²) < 4.78 is 6.01. The Morgan fingerprint density at radius 1 is 1.50 bits per heavy atom. The van der Waals surface area contributed by atoms with E-state index in [2.05, 4.69) is 26.2 Å². The van der Waals surface area contributed by atoms with Crippen LogP contribution in [0, 0.1) is 6.92 Å². The second-order valence-electron chi connectivity index (χ2n) is 3.21. The highest BCUT2D eigenvalue weighted by atomic mass is 79.9. The molecule has 4 nitrogen and oxygen atoms in total. The summed E-state index contributed by atoms with van der Waals surface area (Å²) in [5.41, 5.74) is 0.702. The highest BCUT2D eigenvalue weighted by molar-refractivity contribution is 9.10. The molecule has 0 aliphatic rings. The van der Waals surface area contributed by atoms with Crippen LogP contribution in [0.5, 0.6) is 0 Å². The number of aromatic nitrogens is 1. The normalized spacial score (nSPS) is 10.1. The zero-order valence-corrected chi connectivity index (χ0v) is 10.1. The Morgan fingerprint density at radius 2 is 2.31 bits per heavy atom. The van der Waals surface area contributed by atoms with Crippen LogP contribution >= 0.6 is 15.9 Å². The van der Waals surface area contributed by atoms with E-state index in [1.165, 1.54) is 6.20 Å².